The Hall–Kier alpha value is -0.420. The molecule has 4 heteroatoms. The number of nitrogens with one attached hydrogen (secondary N) is 1. The van der Waals surface area contributed by atoms with Crippen LogP contribution >= 0.6 is 11.3 Å². The van der Waals surface area contributed by atoms with Crippen molar-refractivity contribution in [1.29, 1.82) is 0 Å². The second-order valence-electron chi connectivity index (χ2n) is 2.74. The molecule has 1 unspecified atom stereocenters. The number of thiophene rings is 1. The van der Waals surface area contributed by atoms with E-state index in [2.05, 4.69) is 29.2 Å². The number of hydroxylamine groups is 1. The van der Waals surface area contributed by atoms with Crippen LogP contribution in [-0.4, -0.2) is 20.3 Å². The maximum atomic E-state index is 5.19. The molecule has 0 aliphatic heterocycles. The molecule has 0 saturated carbocycles. The van der Waals surface area contributed by atoms with Gasteiger partial charge in [0.15, 0.2) is 0 Å². The molecule has 0 spiro atoms. The molecular weight excluding hydrogens is 186 g/mol. The molecule has 0 bridgehead atoms. The van der Waals surface area contributed by atoms with Crippen LogP contribution in [0.25, 0.3) is 0 Å². The summed E-state index contributed by atoms with van der Waals surface area (Å²) in [7, 11) is 1.66. The molecule has 13 heavy (non-hydrogen) atoms. The van der Waals surface area contributed by atoms with Gasteiger partial charge in [0.05, 0.1) is 19.3 Å². The highest BCUT2D eigenvalue weighted by molar-refractivity contribution is 7.07. The fourth-order valence-corrected chi connectivity index (χ4v) is 1.65. The predicted molar refractivity (Wildman–Crippen MR) is 53.7 cm³/mol. The molecule has 0 amide bonds. The summed E-state index contributed by atoms with van der Waals surface area (Å²) in [6.45, 7) is 3.25. The number of methoxy groups -OCH3 is 1. The number of rotatable bonds is 6. The lowest BCUT2D eigenvalue weighted by Crippen LogP contribution is -2.20. The Morgan fingerprint density at radius 1 is 1.54 bits per heavy atom. The first-order chi connectivity index (χ1) is 6.34. The Bertz CT molecular complexity index is 213. The van der Waals surface area contributed by atoms with Gasteiger partial charge in [-0.1, -0.05) is 0 Å². The molecule has 0 aliphatic carbocycles. The third-order valence-electron chi connectivity index (χ3n) is 1.69. The van der Waals surface area contributed by atoms with Gasteiger partial charge in [-0.25, -0.2) is 0 Å². The summed E-state index contributed by atoms with van der Waals surface area (Å²) in [6, 6.07) is 2.32. The van der Waals surface area contributed by atoms with E-state index in [0.29, 0.717) is 13.2 Å². The Morgan fingerprint density at radius 3 is 3.00 bits per heavy atom. The van der Waals surface area contributed by atoms with Gasteiger partial charge in [-0.15, -0.1) is 0 Å². The van der Waals surface area contributed by atoms with Crippen molar-refractivity contribution in [3.05, 3.63) is 22.4 Å². The quantitative estimate of drug-likeness (QED) is 0.564. The Morgan fingerprint density at radius 2 is 2.38 bits per heavy atom. The number of hydrogen-bond donors (Lipinski definition) is 1. The van der Waals surface area contributed by atoms with Crippen LogP contribution in [0, 0.1) is 0 Å². The van der Waals surface area contributed by atoms with Gasteiger partial charge in [0.2, 0.25) is 0 Å². The molecular formula is C9H15NO2S. The summed E-state index contributed by atoms with van der Waals surface area (Å²) >= 11 is 1.69. The predicted octanol–water partition coefficient (Wildman–Crippen LogP) is 1.98. The van der Waals surface area contributed by atoms with Crippen molar-refractivity contribution in [2.45, 2.75) is 13.0 Å². The molecule has 1 aromatic heterocycles. The zero-order chi connectivity index (χ0) is 9.52. The van der Waals surface area contributed by atoms with E-state index in [1.807, 2.05) is 0 Å². The van der Waals surface area contributed by atoms with Crippen molar-refractivity contribution in [1.82, 2.24) is 5.48 Å². The minimum absolute atomic E-state index is 0.239. The summed E-state index contributed by atoms with van der Waals surface area (Å²) in [5, 5.41) is 4.17. The second kappa shape index (κ2) is 6.10. The zero-order valence-corrected chi connectivity index (χ0v) is 8.76. The van der Waals surface area contributed by atoms with E-state index in [0.717, 1.165) is 0 Å². The summed E-state index contributed by atoms with van der Waals surface area (Å²) in [5.41, 5.74) is 4.20. The minimum Gasteiger partial charge on any atom is -0.382 e. The van der Waals surface area contributed by atoms with Gasteiger partial charge >= 0.3 is 0 Å². The molecule has 0 aromatic carbocycles. The second-order valence-corrected chi connectivity index (χ2v) is 3.52. The van der Waals surface area contributed by atoms with E-state index < -0.39 is 0 Å². The first-order valence-corrected chi connectivity index (χ1v) is 5.17. The molecule has 1 N–H and O–H groups in total. The van der Waals surface area contributed by atoms with Crippen LogP contribution in [0.2, 0.25) is 0 Å². The van der Waals surface area contributed by atoms with Crippen LogP contribution in [0.5, 0.6) is 0 Å². The lowest BCUT2D eigenvalue weighted by atomic mass is 10.2. The molecule has 0 saturated heterocycles. The van der Waals surface area contributed by atoms with Crippen LogP contribution in [0.1, 0.15) is 18.5 Å². The van der Waals surface area contributed by atoms with Gasteiger partial charge in [-0.3, -0.25) is 4.84 Å². The Labute approximate surface area is 82.6 Å². The van der Waals surface area contributed by atoms with Crippen molar-refractivity contribution < 1.29 is 9.57 Å². The molecule has 0 fully saturated rings. The average Bonchev–Trinajstić information content (AvgIpc) is 2.65. The maximum absolute atomic E-state index is 5.19. The minimum atomic E-state index is 0.239. The van der Waals surface area contributed by atoms with Gasteiger partial charge in [-0.05, 0) is 29.3 Å². The molecule has 3 nitrogen and oxygen atoms in total. The summed E-state index contributed by atoms with van der Waals surface area (Å²) in [4.78, 5) is 5.19. The van der Waals surface area contributed by atoms with E-state index >= 15 is 0 Å². The smallest absolute Gasteiger partial charge is 0.0916 e. The lowest BCUT2D eigenvalue weighted by Gasteiger charge is -2.11. The molecule has 1 rings (SSSR count). The van der Waals surface area contributed by atoms with Crippen LogP contribution in [0.3, 0.4) is 0 Å². The number of ether oxygens (including phenoxy) is 1. The summed E-state index contributed by atoms with van der Waals surface area (Å²) < 4.78 is 4.85. The highest BCUT2D eigenvalue weighted by Gasteiger charge is 2.03. The van der Waals surface area contributed by atoms with Crippen molar-refractivity contribution in [3.63, 3.8) is 0 Å². The van der Waals surface area contributed by atoms with Crippen molar-refractivity contribution in [2.75, 3.05) is 20.3 Å². The monoisotopic (exact) mass is 201 g/mol. The van der Waals surface area contributed by atoms with Crippen molar-refractivity contribution in [3.8, 4) is 0 Å². The third kappa shape index (κ3) is 3.87. The fourth-order valence-electron chi connectivity index (χ4n) is 0.898. The Balaban J connectivity index is 2.15. The molecule has 1 aromatic rings. The standard InChI is InChI=1S/C9H15NO2S/c1-8(9-3-6-13-7-9)10-12-5-4-11-2/h3,6-8,10H,4-5H2,1-2H3. The van der Waals surface area contributed by atoms with Gasteiger partial charge < -0.3 is 4.74 Å². The summed E-state index contributed by atoms with van der Waals surface area (Å²) in [5.74, 6) is 0. The highest BCUT2D eigenvalue weighted by atomic mass is 32.1. The molecule has 1 heterocycles. The van der Waals surface area contributed by atoms with Crippen LogP contribution in [0.15, 0.2) is 16.8 Å². The van der Waals surface area contributed by atoms with E-state index in [4.69, 9.17) is 9.57 Å². The number of hydrogen-bond acceptors (Lipinski definition) is 4. The SMILES string of the molecule is COCCONC(C)c1ccsc1. The van der Waals surface area contributed by atoms with Crippen molar-refractivity contribution in [2.24, 2.45) is 0 Å². The van der Waals surface area contributed by atoms with Crippen molar-refractivity contribution >= 4 is 11.3 Å². The highest BCUT2D eigenvalue weighted by Crippen LogP contribution is 2.14. The van der Waals surface area contributed by atoms with Gasteiger partial charge in [0.25, 0.3) is 0 Å². The molecule has 74 valence electrons. The molecule has 1 atom stereocenters. The lowest BCUT2D eigenvalue weighted by molar-refractivity contribution is -0.00918. The van der Waals surface area contributed by atoms with Crippen LogP contribution in [-0.2, 0) is 9.57 Å². The zero-order valence-electron chi connectivity index (χ0n) is 7.95. The topological polar surface area (TPSA) is 30.5 Å². The first-order valence-electron chi connectivity index (χ1n) is 4.23. The third-order valence-corrected chi connectivity index (χ3v) is 2.39. The largest absolute Gasteiger partial charge is 0.382 e. The molecule has 0 aliphatic rings. The van der Waals surface area contributed by atoms with Crippen LogP contribution in [0.4, 0.5) is 0 Å². The molecule has 0 radical (unpaired) electrons. The maximum Gasteiger partial charge on any atom is 0.0916 e. The first kappa shape index (κ1) is 10.7. The van der Waals surface area contributed by atoms with E-state index in [1.165, 1.54) is 5.56 Å². The van der Waals surface area contributed by atoms with E-state index in [9.17, 15) is 0 Å². The van der Waals surface area contributed by atoms with Gasteiger partial charge in [0, 0.05) is 7.11 Å². The van der Waals surface area contributed by atoms with Gasteiger partial charge in [0.1, 0.15) is 0 Å². The Kier molecular flexibility index (Phi) is 5.00. The van der Waals surface area contributed by atoms with Crippen LogP contribution < -0.4 is 5.48 Å². The average molecular weight is 201 g/mol. The fraction of sp³-hybridized carbons (Fsp3) is 0.556. The van der Waals surface area contributed by atoms with Gasteiger partial charge in [-0.2, -0.15) is 16.8 Å². The normalized spacial score (nSPS) is 13.1. The van der Waals surface area contributed by atoms with E-state index in [1.54, 1.807) is 18.4 Å². The van der Waals surface area contributed by atoms with E-state index in [-0.39, 0.29) is 6.04 Å². The summed E-state index contributed by atoms with van der Waals surface area (Å²) in [6.07, 6.45) is 0.